The lowest BCUT2D eigenvalue weighted by Gasteiger charge is -2.05. The van der Waals surface area contributed by atoms with Crippen LogP contribution in [0.15, 0.2) is 11.2 Å². The molecule has 0 saturated heterocycles. The Labute approximate surface area is 97.2 Å². The van der Waals surface area contributed by atoms with Crippen molar-refractivity contribution < 1.29 is 0 Å². The smallest absolute Gasteiger partial charge is 0.243 e. The fourth-order valence-electron chi connectivity index (χ4n) is 1.48. The van der Waals surface area contributed by atoms with Crippen LogP contribution in [-0.4, -0.2) is 16.2 Å². The third kappa shape index (κ3) is 3.96. The highest BCUT2D eigenvalue weighted by Gasteiger charge is 1.99. The lowest BCUT2D eigenvalue weighted by Crippen LogP contribution is -2.03. The third-order valence-corrected chi connectivity index (χ3v) is 2.48. The highest BCUT2D eigenvalue weighted by molar-refractivity contribution is 5.61. The number of rotatable bonds is 5. The molecule has 0 unspecified atom stereocenters. The first-order valence-corrected chi connectivity index (χ1v) is 5.77. The van der Waals surface area contributed by atoms with Gasteiger partial charge in [-0.2, -0.15) is 5.10 Å². The van der Waals surface area contributed by atoms with Crippen LogP contribution in [0.2, 0.25) is 0 Å². The quantitative estimate of drug-likeness (QED) is 0.613. The number of aryl methyl sites for hydroxylation is 2. The molecule has 1 N–H and O–H groups in total. The van der Waals surface area contributed by atoms with Crippen molar-refractivity contribution in [2.24, 2.45) is 11.0 Å². The maximum Gasteiger partial charge on any atom is 0.243 e. The molecule has 1 heterocycles. The summed E-state index contributed by atoms with van der Waals surface area (Å²) in [6.07, 6.45) is 4.14. The van der Waals surface area contributed by atoms with Crippen molar-refractivity contribution in [2.75, 3.05) is 5.43 Å². The second-order valence-electron chi connectivity index (χ2n) is 3.94. The van der Waals surface area contributed by atoms with Crippen LogP contribution in [0.1, 0.15) is 38.1 Å². The second-order valence-corrected chi connectivity index (χ2v) is 3.94. The Morgan fingerprint density at radius 3 is 2.31 bits per heavy atom. The Morgan fingerprint density at radius 2 is 1.81 bits per heavy atom. The normalized spacial score (nSPS) is 11.3. The van der Waals surface area contributed by atoms with Gasteiger partial charge in [0.2, 0.25) is 5.95 Å². The zero-order valence-electron chi connectivity index (χ0n) is 10.5. The molecule has 0 aliphatic rings. The summed E-state index contributed by atoms with van der Waals surface area (Å²) in [6.45, 7) is 8.22. The van der Waals surface area contributed by atoms with Gasteiger partial charge in [-0.3, -0.25) is 0 Å². The van der Waals surface area contributed by atoms with E-state index in [0.29, 0.717) is 11.9 Å². The SMILES string of the molecule is CCC(/C=N\Nc1nc(C)cc(C)n1)CC. The predicted octanol–water partition coefficient (Wildman–Crippen LogP) is 2.93. The van der Waals surface area contributed by atoms with Gasteiger partial charge in [0.1, 0.15) is 0 Å². The van der Waals surface area contributed by atoms with Gasteiger partial charge in [0.25, 0.3) is 0 Å². The van der Waals surface area contributed by atoms with Gasteiger partial charge < -0.3 is 0 Å². The highest BCUT2D eigenvalue weighted by atomic mass is 15.3. The van der Waals surface area contributed by atoms with Crippen molar-refractivity contribution in [3.8, 4) is 0 Å². The molecule has 4 heteroatoms. The van der Waals surface area contributed by atoms with E-state index in [2.05, 4.69) is 34.3 Å². The first kappa shape index (κ1) is 12.6. The van der Waals surface area contributed by atoms with E-state index in [0.717, 1.165) is 24.2 Å². The average Bonchev–Trinajstić information content (AvgIpc) is 2.23. The van der Waals surface area contributed by atoms with Crippen LogP contribution in [-0.2, 0) is 0 Å². The average molecular weight is 220 g/mol. The number of aromatic nitrogens is 2. The lowest BCUT2D eigenvalue weighted by atomic mass is 10.1. The van der Waals surface area contributed by atoms with E-state index in [4.69, 9.17) is 0 Å². The van der Waals surface area contributed by atoms with Gasteiger partial charge in [0.05, 0.1) is 0 Å². The van der Waals surface area contributed by atoms with Crippen LogP contribution < -0.4 is 5.43 Å². The molecule has 0 atom stereocenters. The van der Waals surface area contributed by atoms with Crippen molar-refractivity contribution in [1.82, 2.24) is 9.97 Å². The Kier molecular flexibility index (Phi) is 4.89. The van der Waals surface area contributed by atoms with Crippen molar-refractivity contribution >= 4 is 12.2 Å². The van der Waals surface area contributed by atoms with E-state index < -0.39 is 0 Å². The van der Waals surface area contributed by atoms with Crippen molar-refractivity contribution in [3.05, 3.63) is 17.5 Å². The molecule has 0 spiro atoms. The maximum atomic E-state index is 4.25. The number of nitrogens with one attached hydrogen (secondary N) is 1. The topological polar surface area (TPSA) is 50.2 Å². The predicted molar refractivity (Wildman–Crippen MR) is 67.7 cm³/mol. The number of hydrogen-bond donors (Lipinski definition) is 1. The van der Waals surface area contributed by atoms with E-state index in [9.17, 15) is 0 Å². The van der Waals surface area contributed by atoms with Crippen LogP contribution >= 0.6 is 0 Å². The molecule has 16 heavy (non-hydrogen) atoms. The zero-order valence-corrected chi connectivity index (χ0v) is 10.5. The van der Waals surface area contributed by atoms with Gasteiger partial charge in [0, 0.05) is 17.6 Å². The molecule has 1 rings (SSSR count). The van der Waals surface area contributed by atoms with Crippen LogP contribution in [0.3, 0.4) is 0 Å². The number of hydrazone groups is 1. The summed E-state index contributed by atoms with van der Waals surface area (Å²) >= 11 is 0. The molecule has 1 aromatic heterocycles. The summed E-state index contributed by atoms with van der Waals surface area (Å²) in [6, 6.07) is 1.94. The molecule has 0 radical (unpaired) electrons. The lowest BCUT2D eigenvalue weighted by molar-refractivity contribution is 0.654. The zero-order chi connectivity index (χ0) is 12.0. The summed E-state index contributed by atoms with van der Waals surface area (Å²) in [5.41, 5.74) is 4.78. The molecule has 0 aliphatic carbocycles. The minimum atomic E-state index is 0.526. The second kappa shape index (κ2) is 6.20. The molecule has 0 amide bonds. The monoisotopic (exact) mass is 220 g/mol. The van der Waals surface area contributed by atoms with E-state index in [1.165, 1.54) is 0 Å². The largest absolute Gasteiger partial charge is 0.245 e. The van der Waals surface area contributed by atoms with Gasteiger partial charge in [-0.25, -0.2) is 15.4 Å². The number of anilines is 1. The summed E-state index contributed by atoms with van der Waals surface area (Å²) in [7, 11) is 0. The van der Waals surface area contributed by atoms with Gasteiger partial charge in [0.15, 0.2) is 0 Å². The molecule has 0 bridgehead atoms. The molecular formula is C12H20N4. The van der Waals surface area contributed by atoms with E-state index in [1.807, 2.05) is 26.1 Å². The fourth-order valence-corrected chi connectivity index (χ4v) is 1.48. The van der Waals surface area contributed by atoms with Crippen LogP contribution in [0, 0.1) is 19.8 Å². The maximum absolute atomic E-state index is 4.25. The first-order valence-electron chi connectivity index (χ1n) is 5.77. The number of nitrogens with zero attached hydrogens (tertiary/aromatic N) is 3. The Balaban J connectivity index is 2.60. The molecule has 88 valence electrons. The van der Waals surface area contributed by atoms with Gasteiger partial charge in [-0.1, -0.05) is 13.8 Å². The fraction of sp³-hybridized carbons (Fsp3) is 0.583. The third-order valence-electron chi connectivity index (χ3n) is 2.48. The van der Waals surface area contributed by atoms with Crippen LogP contribution in [0.4, 0.5) is 5.95 Å². The van der Waals surface area contributed by atoms with Gasteiger partial charge in [-0.05, 0) is 38.7 Å². The molecule has 0 aromatic carbocycles. The van der Waals surface area contributed by atoms with Crippen LogP contribution in [0.25, 0.3) is 0 Å². The standard InChI is InChI=1S/C12H20N4/c1-5-11(6-2)8-13-16-12-14-9(3)7-10(4)15-12/h7-8,11H,5-6H2,1-4H3,(H,14,15,16)/b13-8-. The Morgan fingerprint density at radius 1 is 1.25 bits per heavy atom. The Bertz CT molecular complexity index is 336. The molecular weight excluding hydrogens is 200 g/mol. The van der Waals surface area contributed by atoms with Gasteiger partial charge in [-0.15, -0.1) is 0 Å². The van der Waals surface area contributed by atoms with Crippen molar-refractivity contribution in [3.63, 3.8) is 0 Å². The molecule has 0 aliphatic heterocycles. The summed E-state index contributed by atoms with van der Waals surface area (Å²) in [5, 5.41) is 4.17. The molecule has 4 nitrogen and oxygen atoms in total. The Hall–Kier alpha value is -1.45. The van der Waals surface area contributed by atoms with Crippen LogP contribution in [0.5, 0.6) is 0 Å². The molecule has 0 saturated carbocycles. The van der Waals surface area contributed by atoms with Gasteiger partial charge >= 0.3 is 0 Å². The van der Waals surface area contributed by atoms with Crippen molar-refractivity contribution in [2.45, 2.75) is 40.5 Å². The number of hydrogen-bond acceptors (Lipinski definition) is 4. The highest BCUT2D eigenvalue weighted by Crippen LogP contribution is 2.05. The summed E-state index contributed by atoms with van der Waals surface area (Å²) in [4.78, 5) is 8.49. The first-order chi connectivity index (χ1) is 7.65. The summed E-state index contributed by atoms with van der Waals surface area (Å²) in [5.74, 6) is 1.10. The van der Waals surface area contributed by atoms with E-state index >= 15 is 0 Å². The molecule has 0 fully saturated rings. The van der Waals surface area contributed by atoms with E-state index in [-0.39, 0.29) is 0 Å². The van der Waals surface area contributed by atoms with Crippen molar-refractivity contribution in [1.29, 1.82) is 0 Å². The molecule has 1 aromatic rings. The summed E-state index contributed by atoms with van der Waals surface area (Å²) < 4.78 is 0. The van der Waals surface area contributed by atoms with E-state index in [1.54, 1.807) is 0 Å². The minimum Gasteiger partial charge on any atom is -0.245 e. The minimum absolute atomic E-state index is 0.526.